The maximum atomic E-state index is 11.9. The maximum Gasteiger partial charge on any atom is 0.223 e. The Hall–Kier alpha value is -0.610. The lowest BCUT2D eigenvalue weighted by molar-refractivity contribution is -0.132. The standard InChI is InChI=1S/C13H27N3O/c1-5-15-8-10-16(11-9-15)12(17)6-7-14-13(2,3)4/h14H,5-11H2,1-4H3. The van der Waals surface area contributed by atoms with Gasteiger partial charge in [0.25, 0.3) is 0 Å². The third kappa shape index (κ3) is 5.50. The number of amides is 1. The predicted molar refractivity (Wildman–Crippen MR) is 71.1 cm³/mol. The average molecular weight is 241 g/mol. The van der Waals surface area contributed by atoms with Crippen LogP contribution in [0.2, 0.25) is 0 Å². The summed E-state index contributed by atoms with van der Waals surface area (Å²) in [6.07, 6.45) is 0.614. The molecule has 4 nitrogen and oxygen atoms in total. The smallest absolute Gasteiger partial charge is 0.223 e. The summed E-state index contributed by atoms with van der Waals surface area (Å²) < 4.78 is 0. The molecule has 1 fully saturated rings. The zero-order valence-electron chi connectivity index (χ0n) is 11.8. The number of hydrogen-bond donors (Lipinski definition) is 1. The number of piperazine rings is 1. The summed E-state index contributed by atoms with van der Waals surface area (Å²) in [7, 11) is 0. The second-order valence-corrected chi connectivity index (χ2v) is 5.74. The van der Waals surface area contributed by atoms with E-state index >= 15 is 0 Å². The minimum absolute atomic E-state index is 0.0984. The Morgan fingerprint density at radius 2 is 1.76 bits per heavy atom. The molecule has 0 saturated carbocycles. The Bertz CT molecular complexity index is 240. The fourth-order valence-electron chi connectivity index (χ4n) is 2.02. The number of likely N-dealkylation sites (N-methyl/N-ethyl adjacent to an activating group) is 1. The van der Waals surface area contributed by atoms with Crippen molar-refractivity contribution in [2.45, 2.75) is 39.7 Å². The summed E-state index contributed by atoms with van der Waals surface area (Å²) in [4.78, 5) is 16.3. The van der Waals surface area contributed by atoms with Crippen LogP contribution in [0.25, 0.3) is 0 Å². The second-order valence-electron chi connectivity index (χ2n) is 5.74. The van der Waals surface area contributed by atoms with Gasteiger partial charge in [-0.15, -0.1) is 0 Å². The molecule has 100 valence electrons. The number of carbonyl (C=O) groups is 1. The first-order chi connectivity index (χ1) is 7.92. The predicted octanol–water partition coefficient (Wildman–Crippen LogP) is 0.929. The van der Waals surface area contributed by atoms with E-state index in [0.717, 1.165) is 39.3 Å². The van der Waals surface area contributed by atoms with Crippen LogP contribution in [0, 0.1) is 0 Å². The van der Waals surface area contributed by atoms with E-state index in [1.807, 2.05) is 4.90 Å². The number of hydrogen-bond acceptors (Lipinski definition) is 3. The molecule has 1 saturated heterocycles. The first-order valence-electron chi connectivity index (χ1n) is 6.67. The van der Waals surface area contributed by atoms with Gasteiger partial charge in [-0.1, -0.05) is 6.92 Å². The highest BCUT2D eigenvalue weighted by Gasteiger charge is 2.20. The van der Waals surface area contributed by atoms with Gasteiger partial charge in [0, 0.05) is 44.7 Å². The minimum atomic E-state index is 0.0984. The van der Waals surface area contributed by atoms with E-state index in [-0.39, 0.29) is 11.4 Å². The molecular weight excluding hydrogens is 214 g/mol. The Morgan fingerprint density at radius 3 is 2.24 bits per heavy atom. The maximum absolute atomic E-state index is 11.9. The number of rotatable bonds is 4. The Kier molecular flexibility index (Phi) is 5.40. The van der Waals surface area contributed by atoms with Crippen molar-refractivity contribution in [2.24, 2.45) is 0 Å². The Balaban J connectivity index is 2.21. The third-order valence-corrected chi connectivity index (χ3v) is 3.17. The van der Waals surface area contributed by atoms with Crippen molar-refractivity contribution in [3.63, 3.8) is 0 Å². The van der Waals surface area contributed by atoms with Crippen molar-refractivity contribution >= 4 is 5.91 Å². The van der Waals surface area contributed by atoms with Gasteiger partial charge in [-0.3, -0.25) is 4.79 Å². The van der Waals surface area contributed by atoms with Gasteiger partial charge in [-0.2, -0.15) is 0 Å². The largest absolute Gasteiger partial charge is 0.340 e. The molecule has 1 aliphatic heterocycles. The van der Waals surface area contributed by atoms with Gasteiger partial charge in [0.05, 0.1) is 0 Å². The van der Waals surface area contributed by atoms with Crippen molar-refractivity contribution < 1.29 is 4.79 Å². The van der Waals surface area contributed by atoms with Crippen LogP contribution in [0.3, 0.4) is 0 Å². The van der Waals surface area contributed by atoms with E-state index in [4.69, 9.17) is 0 Å². The highest BCUT2D eigenvalue weighted by atomic mass is 16.2. The van der Waals surface area contributed by atoms with Crippen LogP contribution in [-0.2, 0) is 4.79 Å². The molecule has 1 aliphatic rings. The van der Waals surface area contributed by atoms with E-state index in [9.17, 15) is 4.79 Å². The van der Waals surface area contributed by atoms with Crippen LogP contribution in [0.15, 0.2) is 0 Å². The van der Waals surface area contributed by atoms with Crippen LogP contribution < -0.4 is 5.32 Å². The average Bonchev–Trinajstić information content (AvgIpc) is 2.27. The Morgan fingerprint density at radius 1 is 1.18 bits per heavy atom. The third-order valence-electron chi connectivity index (χ3n) is 3.17. The van der Waals surface area contributed by atoms with Crippen LogP contribution >= 0.6 is 0 Å². The fourth-order valence-corrected chi connectivity index (χ4v) is 2.02. The van der Waals surface area contributed by atoms with Crippen molar-refractivity contribution in [3.8, 4) is 0 Å². The van der Waals surface area contributed by atoms with Crippen LogP contribution in [-0.4, -0.2) is 60.5 Å². The molecule has 1 N–H and O–H groups in total. The van der Waals surface area contributed by atoms with Gasteiger partial charge >= 0.3 is 0 Å². The lowest BCUT2D eigenvalue weighted by Crippen LogP contribution is -2.49. The Labute approximate surface area is 105 Å². The normalized spacial score (nSPS) is 18.5. The number of nitrogens with one attached hydrogen (secondary N) is 1. The molecule has 0 aromatic heterocycles. The van der Waals surface area contributed by atoms with Gasteiger partial charge in [-0.25, -0.2) is 0 Å². The van der Waals surface area contributed by atoms with Crippen LogP contribution in [0.5, 0.6) is 0 Å². The van der Waals surface area contributed by atoms with Gasteiger partial charge < -0.3 is 15.1 Å². The van der Waals surface area contributed by atoms with Gasteiger partial charge in [0.2, 0.25) is 5.91 Å². The molecule has 17 heavy (non-hydrogen) atoms. The van der Waals surface area contributed by atoms with Crippen molar-refractivity contribution in [3.05, 3.63) is 0 Å². The lowest BCUT2D eigenvalue weighted by atomic mass is 10.1. The van der Waals surface area contributed by atoms with Crippen LogP contribution in [0.1, 0.15) is 34.1 Å². The highest BCUT2D eigenvalue weighted by Crippen LogP contribution is 2.04. The molecule has 0 unspecified atom stereocenters. The first-order valence-corrected chi connectivity index (χ1v) is 6.67. The molecule has 1 rings (SSSR count). The van der Waals surface area contributed by atoms with Crippen molar-refractivity contribution in [1.29, 1.82) is 0 Å². The molecular formula is C13H27N3O. The van der Waals surface area contributed by atoms with E-state index < -0.39 is 0 Å². The van der Waals surface area contributed by atoms with E-state index in [1.165, 1.54) is 0 Å². The molecule has 1 amide bonds. The molecule has 0 aromatic rings. The summed E-state index contributed by atoms with van der Waals surface area (Å²) in [5.41, 5.74) is 0.0984. The second kappa shape index (κ2) is 6.36. The molecule has 0 radical (unpaired) electrons. The molecule has 0 bridgehead atoms. The minimum Gasteiger partial charge on any atom is -0.340 e. The summed E-state index contributed by atoms with van der Waals surface area (Å²) in [6.45, 7) is 14.2. The van der Waals surface area contributed by atoms with Crippen molar-refractivity contribution in [1.82, 2.24) is 15.1 Å². The van der Waals surface area contributed by atoms with Gasteiger partial charge in [0.1, 0.15) is 0 Å². The van der Waals surface area contributed by atoms with E-state index in [1.54, 1.807) is 0 Å². The molecule has 1 heterocycles. The molecule has 0 atom stereocenters. The summed E-state index contributed by atoms with van der Waals surface area (Å²) >= 11 is 0. The molecule has 0 spiro atoms. The monoisotopic (exact) mass is 241 g/mol. The fraction of sp³-hybridized carbons (Fsp3) is 0.923. The summed E-state index contributed by atoms with van der Waals surface area (Å²) in [5, 5.41) is 3.35. The zero-order valence-corrected chi connectivity index (χ0v) is 11.8. The van der Waals surface area contributed by atoms with Gasteiger partial charge in [-0.05, 0) is 27.3 Å². The molecule has 4 heteroatoms. The number of nitrogens with zero attached hydrogens (tertiary/aromatic N) is 2. The van der Waals surface area contributed by atoms with Crippen molar-refractivity contribution in [2.75, 3.05) is 39.3 Å². The SMILES string of the molecule is CCN1CCN(C(=O)CCNC(C)(C)C)CC1. The number of carbonyl (C=O) groups excluding carboxylic acids is 1. The summed E-state index contributed by atoms with van der Waals surface area (Å²) in [6, 6.07) is 0. The summed E-state index contributed by atoms with van der Waals surface area (Å²) in [5.74, 6) is 0.289. The van der Waals surface area contributed by atoms with Crippen LogP contribution in [0.4, 0.5) is 0 Å². The molecule has 0 aromatic carbocycles. The molecule has 0 aliphatic carbocycles. The first kappa shape index (κ1) is 14.5. The van der Waals surface area contributed by atoms with E-state index in [2.05, 4.69) is 37.9 Å². The lowest BCUT2D eigenvalue weighted by Gasteiger charge is -2.34. The van der Waals surface area contributed by atoms with Gasteiger partial charge in [0.15, 0.2) is 0 Å². The highest BCUT2D eigenvalue weighted by molar-refractivity contribution is 5.76. The zero-order chi connectivity index (χ0) is 12.9. The topological polar surface area (TPSA) is 35.6 Å². The van der Waals surface area contributed by atoms with E-state index in [0.29, 0.717) is 6.42 Å². The quantitative estimate of drug-likeness (QED) is 0.795.